The summed E-state index contributed by atoms with van der Waals surface area (Å²) in [5, 5.41) is 0. The number of rotatable bonds is 1. The summed E-state index contributed by atoms with van der Waals surface area (Å²) in [5.41, 5.74) is 0.441. The van der Waals surface area contributed by atoms with Crippen molar-refractivity contribution in [2.75, 3.05) is 32.7 Å². The van der Waals surface area contributed by atoms with E-state index in [0.29, 0.717) is 5.54 Å². The van der Waals surface area contributed by atoms with E-state index in [1.807, 2.05) is 0 Å². The lowest BCUT2D eigenvalue weighted by Gasteiger charge is -2.41. The Morgan fingerprint density at radius 1 is 0.882 bits per heavy atom. The quantitative estimate of drug-likeness (QED) is 0.645. The average molecular weight is 236 g/mol. The van der Waals surface area contributed by atoms with Crippen LogP contribution in [0, 0.1) is 17.3 Å². The van der Waals surface area contributed by atoms with E-state index in [1.54, 1.807) is 0 Å². The van der Waals surface area contributed by atoms with Crippen molar-refractivity contribution < 1.29 is 0 Å². The van der Waals surface area contributed by atoms with Gasteiger partial charge in [0.15, 0.2) is 0 Å². The molecule has 0 aromatic heterocycles. The highest BCUT2D eigenvalue weighted by atomic mass is 15.3. The monoisotopic (exact) mass is 236 g/mol. The maximum Gasteiger partial charge on any atom is 0.0602 e. The molecule has 1 aliphatic rings. The van der Waals surface area contributed by atoms with Crippen molar-refractivity contribution in [1.29, 1.82) is 0 Å². The van der Waals surface area contributed by atoms with E-state index in [0.717, 1.165) is 19.6 Å². The SMILES string of the molecule is CC(C)(C)C#CCN1CCN(C(C)(C)C)CC1. The smallest absolute Gasteiger partial charge is 0.0602 e. The molecule has 0 amide bonds. The lowest BCUT2D eigenvalue weighted by atomic mass is 9.98. The third-order valence-electron chi connectivity index (χ3n) is 3.09. The minimum atomic E-state index is 0.132. The molecule has 0 N–H and O–H groups in total. The molecule has 17 heavy (non-hydrogen) atoms. The molecule has 0 aromatic rings. The second-order valence-electron chi connectivity index (χ2n) is 6.99. The summed E-state index contributed by atoms with van der Waals surface area (Å²) in [6.45, 7) is 18.9. The van der Waals surface area contributed by atoms with E-state index >= 15 is 0 Å². The van der Waals surface area contributed by atoms with E-state index in [9.17, 15) is 0 Å². The largest absolute Gasteiger partial charge is 0.296 e. The van der Waals surface area contributed by atoms with Gasteiger partial charge in [-0.05, 0) is 41.5 Å². The molecule has 1 heterocycles. The molecule has 0 saturated carbocycles. The van der Waals surface area contributed by atoms with Crippen LogP contribution in [-0.4, -0.2) is 48.1 Å². The third kappa shape index (κ3) is 5.57. The summed E-state index contributed by atoms with van der Waals surface area (Å²) in [4.78, 5) is 5.02. The van der Waals surface area contributed by atoms with E-state index in [-0.39, 0.29) is 5.41 Å². The molecule has 2 nitrogen and oxygen atoms in total. The molecule has 0 aromatic carbocycles. The highest BCUT2D eigenvalue weighted by Gasteiger charge is 2.25. The molecule has 0 spiro atoms. The Balaban J connectivity index is 2.35. The van der Waals surface area contributed by atoms with Crippen LogP contribution >= 0.6 is 0 Å². The number of hydrogen-bond acceptors (Lipinski definition) is 2. The minimum Gasteiger partial charge on any atom is -0.296 e. The maximum atomic E-state index is 3.31. The van der Waals surface area contributed by atoms with Gasteiger partial charge in [-0.2, -0.15) is 0 Å². The molecule has 98 valence electrons. The van der Waals surface area contributed by atoms with E-state index in [1.165, 1.54) is 13.1 Å². The predicted molar refractivity (Wildman–Crippen MR) is 75.0 cm³/mol. The van der Waals surface area contributed by atoms with Crippen LogP contribution in [0.3, 0.4) is 0 Å². The summed E-state index contributed by atoms with van der Waals surface area (Å²) in [5.74, 6) is 6.61. The van der Waals surface area contributed by atoms with E-state index in [2.05, 4.69) is 63.2 Å². The zero-order valence-corrected chi connectivity index (χ0v) is 12.4. The molecule has 0 bridgehead atoms. The van der Waals surface area contributed by atoms with Gasteiger partial charge in [-0.3, -0.25) is 9.80 Å². The van der Waals surface area contributed by atoms with Gasteiger partial charge in [0.05, 0.1) is 6.54 Å². The van der Waals surface area contributed by atoms with Gasteiger partial charge >= 0.3 is 0 Å². The van der Waals surface area contributed by atoms with Crippen molar-refractivity contribution in [3.8, 4) is 11.8 Å². The molecule has 1 rings (SSSR count). The Kier molecular flexibility index (Phi) is 4.63. The zero-order valence-electron chi connectivity index (χ0n) is 12.4. The molecule has 1 saturated heterocycles. The first-order chi connectivity index (χ1) is 7.68. The second kappa shape index (κ2) is 5.42. The second-order valence-corrected chi connectivity index (χ2v) is 6.99. The molecule has 1 aliphatic heterocycles. The van der Waals surface area contributed by atoms with Gasteiger partial charge in [0.1, 0.15) is 0 Å². The standard InChI is InChI=1S/C15H28N2/c1-14(2,3)8-7-9-16-10-12-17(13-11-16)15(4,5)6/h9-13H2,1-6H3. The first-order valence-corrected chi connectivity index (χ1v) is 6.66. The Bertz CT molecular complexity index is 288. The normalized spacial score (nSPS) is 19.9. The van der Waals surface area contributed by atoms with Crippen molar-refractivity contribution >= 4 is 0 Å². The Labute approximate surface area is 107 Å². The average Bonchev–Trinajstić information content (AvgIpc) is 2.15. The van der Waals surface area contributed by atoms with E-state index in [4.69, 9.17) is 0 Å². The maximum absolute atomic E-state index is 3.31. The predicted octanol–water partition coefficient (Wildman–Crippen LogP) is 2.45. The molecule has 1 fully saturated rings. The van der Waals surface area contributed by atoms with Gasteiger partial charge < -0.3 is 0 Å². The Morgan fingerprint density at radius 3 is 1.82 bits per heavy atom. The van der Waals surface area contributed by atoms with Gasteiger partial charge in [0, 0.05) is 37.1 Å². The number of hydrogen-bond donors (Lipinski definition) is 0. The van der Waals surface area contributed by atoms with Crippen LogP contribution in [0.1, 0.15) is 41.5 Å². The van der Waals surface area contributed by atoms with Gasteiger partial charge in [-0.15, -0.1) is 0 Å². The number of nitrogens with zero attached hydrogens (tertiary/aromatic N) is 2. The van der Waals surface area contributed by atoms with Gasteiger partial charge in [0.25, 0.3) is 0 Å². The number of piperazine rings is 1. The van der Waals surface area contributed by atoms with Crippen LogP contribution in [0.4, 0.5) is 0 Å². The van der Waals surface area contributed by atoms with Crippen molar-refractivity contribution in [1.82, 2.24) is 9.80 Å². The van der Waals surface area contributed by atoms with Crippen molar-refractivity contribution in [2.24, 2.45) is 5.41 Å². The van der Waals surface area contributed by atoms with Crippen LogP contribution in [0.2, 0.25) is 0 Å². The zero-order chi connectivity index (χ0) is 13.1. The third-order valence-corrected chi connectivity index (χ3v) is 3.09. The van der Waals surface area contributed by atoms with Crippen LogP contribution in [0.5, 0.6) is 0 Å². The first kappa shape index (κ1) is 14.5. The fourth-order valence-electron chi connectivity index (χ4n) is 1.99. The Hall–Kier alpha value is -0.520. The molecular weight excluding hydrogens is 208 g/mol. The van der Waals surface area contributed by atoms with Gasteiger partial charge in [-0.25, -0.2) is 0 Å². The molecule has 0 unspecified atom stereocenters. The fourth-order valence-corrected chi connectivity index (χ4v) is 1.99. The molecule has 0 radical (unpaired) electrons. The summed E-state index contributed by atoms with van der Waals surface area (Å²) in [6.07, 6.45) is 0. The lowest BCUT2D eigenvalue weighted by Crippen LogP contribution is -2.53. The lowest BCUT2D eigenvalue weighted by molar-refractivity contribution is 0.0683. The van der Waals surface area contributed by atoms with Crippen LogP contribution < -0.4 is 0 Å². The van der Waals surface area contributed by atoms with Crippen molar-refractivity contribution in [3.63, 3.8) is 0 Å². The summed E-state index contributed by atoms with van der Waals surface area (Å²) >= 11 is 0. The van der Waals surface area contributed by atoms with Gasteiger partial charge in [0.2, 0.25) is 0 Å². The topological polar surface area (TPSA) is 6.48 Å². The molecule has 0 atom stereocenters. The summed E-state index contributed by atoms with van der Waals surface area (Å²) < 4.78 is 0. The van der Waals surface area contributed by atoms with Gasteiger partial charge in [-0.1, -0.05) is 11.8 Å². The molecule has 0 aliphatic carbocycles. The highest BCUT2D eigenvalue weighted by molar-refractivity contribution is 5.08. The summed E-state index contributed by atoms with van der Waals surface area (Å²) in [6, 6.07) is 0. The van der Waals surface area contributed by atoms with Crippen LogP contribution in [-0.2, 0) is 0 Å². The minimum absolute atomic E-state index is 0.132. The van der Waals surface area contributed by atoms with Crippen LogP contribution in [0.25, 0.3) is 0 Å². The van der Waals surface area contributed by atoms with E-state index < -0.39 is 0 Å². The summed E-state index contributed by atoms with van der Waals surface area (Å²) in [7, 11) is 0. The fraction of sp³-hybridized carbons (Fsp3) is 0.867. The van der Waals surface area contributed by atoms with Crippen molar-refractivity contribution in [2.45, 2.75) is 47.1 Å². The highest BCUT2D eigenvalue weighted by Crippen LogP contribution is 2.15. The first-order valence-electron chi connectivity index (χ1n) is 6.66. The molecule has 2 heteroatoms. The Morgan fingerprint density at radius 2 is 1.41 bits per heavy atom. The van der Waals surface area contributed by atoms with Crippen molar-refractivity contribution in [3.05, 3.63) is 0 Å². The molecular formula is C15H28N2. The van der Waals surface area contributed by atoms with Crippen LogP contribution in [0.15, 0.2) is 0 Å².